The van der Waals surface area contributed by atoms with Crippen LogP contribution in [0.15, 0.2) is 41.4 Å². The minimum Gasteiger partial charge on any atom is -0.395 e. The summed E-state index contributed by atoms with van der Waals surface area (Å²) in [6.07, 6.45) is 2.80. The summed E-state index contributed by atoms with van der Waals surface area (Å²) in [4.78, 5) is 6.40. The van der Waals surface area contributed by atoms with E-state index in [1.165, 1.54) is 5.56 Å². The van der Waals surface area contributed by atoms with Gasteiger partial charge in [0.1, 0.15) is 0 Å². The Morgan fingerprint density at radius 3 is 2.71 bits per heavy atom. The molecule has 2 rings (SSSR count). The predicted molar refractivity (Wildman–Crippen MR) is 81.7 cm³/mol. The molecule has 0 aliphatic rings. The molecule has 0 aliphatic heterocycles. The van der Waals surface area contributed by atoms with Gasteiger partial charge in [-0.25, -0.2) is 0 Å². The highest BCUT2D eigenvalue weighted by Crippen LogP contribution is 2.17. The van der Waals surface area contributed by atoms with Crippen molar-refractivity contribution in [2.75, 3.05) is 19.7 Å². The Morgan fingerprint density at radius 1 is 1.33 bits per heavy atom. The molecule has 0 aliphatic carbocycles. The summed E-state index contributed by atoms with van der Waals surface area (Å²) in [6.45, 7) is 7.64. The third-order valence-corrected chi connectivity index (χ3v) is 3.25. The number of hydrogen-bond donors (Lipinski definition) is 1. The topological polar surface area (TPSA) is 62.4 Å². The van der Waals surface area contributed by atoms with Gasteiger partial charge in [0.25, 0.3) is 0 Å². The number of hydrogen-bond acceptors (Lipinski definition) is 5. The third-order valence-electron chi connectivity index (χ3n) is 3.25. The molecule has 5 nitrogen and oxygen atoms in total. The lowest BCUT2D eigenvalue weighted by Crippen LogP contribution is -2.26. The summed E-state index contributed by atoms with van der Waals surface area (Å²) in [5.74, 6) is 1.13. The molecule has 2 aromatic rings. The summed E-state index contributed by atoms with van der Waals surface area (Å²) in [5, 5.41) is 13.0. The molecular weight excluding hydrogens is 266 g/mol. The van der Waals surface area contributed by atoms with Gasteiger partial charge >= 0.3 is 0 Å². The van der Waals surface area contributed by atoms with Crippen LogP contribution in [-0.4, -0.2) is 39.8 Å². The second-order valence-corrected chi connectivity index (χ2v) is 4.81. The Labute approximate surface area is 124 Å². The second kappa shape index (κ2) is 7.71. The zero-order chi connectivity index (χ0) is 15.1. The molecule has 0 saturated carbocycles. The van der Waals surface area contributed by atoms with Crippen LogP contribution < -0.4 is 0 Å². The van der Waals surface area contributed by atoms with Gasteiger partial charge in [-0.1, -0.05) is 42.4 Å². The fraction of sp³-hybridized carbons (Fsp3) is 0.375. The largest absolute Gasteiger partial charge is 0.395 e. The van der Waals surface area contributed by atoms with Crippen molar-refractivity contribution in [1.82, 2.24) is 15.0 Å². The highest BCUT2D eigenvalue weighted by molar-refractivity contribution is 5.54. The molecule has 1 aromatic heterocycles. The summed E-state index contributed by atoms with van der Waals surface area (Å²) in [7, 11) is 0. The van der Waals surface area contributed by atoms with Gasteiger partial charge in [0.2, 0.25) is 11.7 Å². The number of aryl methyl sites for hydroxylation is 1. The molecule has 0 saturated heterocycles. The average molecular weight is 287 g/mol. The molecule has 0 amide bonds. The zero-order valence-corrected chi connectivity index (χ0v) is 12.3. The minimum absolute atomic E-state index is 0.0906. The van der Waals surface area contributed by atoms with Crippen LogP contribution in [-0.2, 0) is 13.0 Å². The van der Waals surface area contributed by atoms with E-state index in [2.05, 4.69) is 35.8 Å². The Balaban J connectivity index is 2.07. The standard InChI is InChI=1S/C16H21N3O2/c1-3-9-19(10-11-20)12-15-17-16(18-21-15)14-7-5-13(4-2)6-8-14/h3,5-8,20H,1,4,9-12H2,2H3. The van der Waals surface area contributed by atoms with Crippen LogP contribution in [0.1, 0.15) is 18.4 Å². The summed E-state index contributed by atoms with van der Waals surface area (Å²) < 4.78 is 5.28. The van der Waals surface area contributed by atoms with Crippen LogP contribution in [0.3, 0.4) is 0 Å². The van der Waals surface area contributed by atoms with Gasteiger partial charge in [0.15, 0.2) is 0 Å². The number of aliphatic hydroxyl groups is 1. The lowest BCUT2D eigenvalue weighted by atomic mass is 10.1. The molecule has 1 heterocycles. The fourth-order valence-corrected chi connectivity index (χ4v) is 2.08. The maximum atomic E-state index is 9.03. The average Bonchev–Trinajstić information content (AvgIpc) is 2.96. The number of nitrogens with zero attached hydrogens (tertiary/aromatic N) is 3. The number of benzene rings is 1. The molecule has 1 N–H and O–H groups in total. The maximum absolute atomic E-state index is 9.03. The molecule has 1 aromatic carbocycles. The summed E-state index contributed by atoms with van der Waals surface area (Å²) in [5.41, 5.74) is 2.22. The molecule has 0 radical (unpaired) electrons. The van der Waals surface area contributed by atoms with E-state index in [4.69, 9.17) is 9.63 Å². The van der Waals surface area contributed by atoms with E-state index in [-0.39, 0.29) is 6.61 Å². The molecule has 21 heavy (non-hydrogen) atoms. The molecule has 5 heteroatoms. The Kier molecular flexibility index (Phi) is 5.66. The molecule has 0 spiro atoms. The van der Waals surface area contributed by atoms with Crippen LogP contribution in [0.5, 0.6) is 0 Å². The van der Waals surface area contributed by atoms with Crippen LogP contribution >= 0.6 is 0 Å². The van der Waals surface area contributed by atoms with E-state index < -0.39 is 0 Å². The maximum Gasteiger partial charge on any atom is 0.241 e. The van der Waals surface area contributed by atoms with Gasteiger partial charge in [-0.15, -0.1) is 6.58 Å². The smallest absolute Gasteiger partial charge is 0.241 e. The van der Waals surface area contributed by atoms with Crippen molar-refractivity contribution < 1.29 is 9.63 Å². The van der Waals surface area contributed by atoms with E-state index in [9.17, 15) is 0 Å². The van der Waals surface area contributed by atoms with Gasteiger partial charge in [0.05, 0.1) is 13.2 Å². The first-order chi connectivity index (χ1) is 10.3. The quantitative estimate of drug-likeness (QED) is 0.755. The van der Waals surface area contributed by atoms with E-state index in [0.29, 0.717) is 31.3 Å². The summed E-state index contributed by atoms with van der Waals surface area (Å²) >= 11 is 0. The second-order valence-electron chi connectivity index (χ2n) is 4.81. The van der Waals surface area contributed by atoms with E-state index in [0.717, 1.165) is 12.0 Å². The lowest BCUT2D eigenvalue weighted by molar-refractivity contribution is 0.186. The van der Waals surface area contributed by atoms with Crippen LogP contribution in [0.25, 0.3) is 11.4 Å². The van der Waals surface area contributed by atoms with Crippen molar-refractivity contribution in [3.05, 3.63) is 48.4 Å². The summed E-state index contributed by atoms with van der Waals surface area (Å²) in [6, 6.07) is 8.15. The van der Waals surface area contributed by atoms with Gasteiger partial charge in [-0.2, -0.15) is 4.98 Å². The molecule has 0 bridgehead atoms. The number of aromatic nitrogens is 2. The van der Waals surface area contributed by atoms with E-state index in [1.54, 1.807) is 6.08 Å². The van der Waals surface area contributed by atoms with E-state index >= 15 is 0 Å². The fourth-order valence-electron chi connectivity index (χ4n) is 2.08. The van der Waals surface area contributed by atoms with E-state index in [1.807, 2.05) is 17.0 Å². The Bertz CT molecular complexity index is 563. The highest BCUT2D eigenvalue weighted by atomic mass is 16.5. The number of rotatable bonds is 8. The molecule has 0 unspecified atom stereocenters. The monoisotopic (exact) mass is 287 g/mol. The van der Waals surface area contributed by atoms with Gasteiger partial charge in [-0.05, 0) is 12.0 Å². The van der Waals surface area contributed by atoms with Crippen molar-refractivity contribution in [2.45, 2.75) is 19.9 Å². The SMILES string of the molecule is C=CCN(CCO)Cc1nc(-c2ccc(CC)cc2)no1. The first-order valence-electron chi connectivity index (χ1n) is 7.12. The van der Waals surface area contributed by atoms with Crippen molar-refractivity contribution >= 4 is 0 Å². The van der Waals surface area contributed by atoms with Crippen molar-refractivity contribution in [2.24, 2.45) is 0 Å². The van der Waals surface area contributed by atoms with Crippen molar-refractivity contribution in [1.29, 1.82) is 0 Å². The van der Waals surface area contributed by atoms with Crippen LogP contribution in [0.4, 0.5) is 0 Å². The number of aliphatic hydroxyl groups excluding tert-OH is 1. The minimum atomic E-state index is 0.0906. The van der Waals surface area contributed by atoms with Crippen LogP contribution in [0.2, 0.25) is 0 Å². The van der Waals surface area contributed by atoms with Gasteiger partial charge < -0.3 is 9.63 Å². The first kappa shape index (κ1) is 15.4. The molecule has 112 valence electrons. The molecule has 0 atom stereocenters. The van der Waals surface area contributed by atoms with Gasteiger partial charge in [-0.3, -0.25) is 4.90 Å². The lowest BCUT2D eigenvalue weighted by Gasteiger charge is -2.16. The van der Waals surface area contributed by atoms with Gasteiger partial charge in [0, 0.05) is 18.7 Å². The first-order valence-corrected chi connectivity index (χ1v) is 7.12. The van der Waals surface area contributed by atoms with Crippen molar-refractivity contribution in [3.63, 3.8) is 0 Å². The van der Waals surface area contributed by atoms with Crippen molar-refractivity contribution in [3.8, 4) is 11.4 Å². The van der Waals surface area contributed by atoms with Crippen LogP contribution in [0, 0.1) is 0 Å². The normalized spacial score (nSPS) is 11.0. The Morgan fingerprint density at radius 2 is 2.10 bits per heavy atom. The molecular formula is C16H21N3O2. The zero-order valence-electron chi connectivity index (χ0n) is 12.3. The third kappa shape index (κ3) is 4.24. The predicted octanol–water partition coefficient (Wildman–Crippen LogP) is 2.28. The highest BCUT2D eigenvalue weighted by Gasteiger charge is 2.12. The Hall–Kier alpha value is -1.98. The molecule has 0 fully saturated rings.